The molecular formula is C12H12IN2O2P. The van der Waals surface area contributed by atoms with Crippen LogP contribution in [0.5, 0.6) is 0 Å². The van der Waals surface area contributed by atoms with Gasteiger partial charge in [0.2, 0.25) is 0 Å². The number of rotatable bonds is 3. The topological polar surface area (TPSA) is 44.1 Å². The van der Waals surface area contributed by atoms with Gasteiger partial charge in [0, 0.05) is 11.5 Å². The van der Waals surface area contributed by atoms with Gasteiger partial charge in [-0.15, -0.1) is 0 Å². The van der Waals surface area contributed by atoms with Crippen molar-refractivity contribution in [3.63, 3.8) is 0 Å². The highest BCUT2D eigenvalue weighted by molar-refractivity contribution is 14.2. The van der Waals surface area contributed by atoms with E-state index in [4.69, 9.17) is 0 Å². The highest BCUT2D eigenvalue weighted by Gasteiger charge is 2.06. The molecule has 1 unspecified atom stereocenters. The van der Waals surface area contributed by atoms with Crippen molar-refractivity contribution in [3.05, 3.63) is 35.5 Å². The molecule has 4 nitrogen and oxygen atoms in total. The normalized spacial score (nSPS) is 11.9. The number of esters is 1. The van der Waals surface area contributed by atoms with E-state index in [0.717, 1.165) is 22.2 Å². The number of carbonyl (C=O) groups excluding carboxylic acids is 1. The number of halogens is 1. The Bertz CT molecular complexity index is 622. The van der Waals surface area contributed by atoms with Crippen molar-refractivity contribution < 1.29 is 9.53 Å². The van der Waals surface area contributed by atoms with Crippen LogP contribution < -0.4 is 0 Å². The Labute approximate surface area is 120 Å². The van der Waals surface area contributed by atoms with Gasteiger partial charge in [0.25, 0.3) is 0 Å². The molecule has 0 fully saturated rings. The van der Waals surface area contributed by atoms with Crippen molar-refractivity contribution in [3.8, 4) is 0 Å². The lowest BCUT2D eigenvalue weighted by Crippen LogP contribution is -1.93. The molecule has 0 aliphatic carbocycles. The summed E-state index contributed by atoms with van der Waals surface area (Å²) in [5.74, 6) is -0.351. The first-order valence-corrected chi connectivity index (χ1v) is 9.34. The molecular weight excluding hydrogens is 362 g/mol. The predicted molar refractivity (Wildman–Crippen MR) is 83.3 cm³/mol. The molecule has 0 saturated carbocycles. The van der Waals surface area contributed by atoms with Crippen molar-refractivity contribution in [2.24, 2.45) is 0 Å². The predicted octanol–water partition coefficient (Wildman–Crippen LogP) is 3.32. The highest BCUT2D eigenvalue weighted by atomic mass is 127. The van der Waals surface area contributed by atoms with Gasteiger partial charge in [-0.25, -0.2) is 9.25 Å². The van der Waals surface area contributed by atoms with E-state index in [-0.39, 0.29) is 5.97 Å². The van der Waals surface area contributed by atoms with Gasteiger partial charge in [0.05, 0.1) is 24.7 Å². The lowest BCUT2D eigenvalue weighted by Gasteiger charge is -1.98. The van der Waals surface area contributed by atoms with Crippen LogP contribution in [0.3, 0.4) is 0 Å². The molecule has 1 heterocycles. The molecule has 0 amide bonds. The fraction of sp³-hybridized carbons (Fsp3) is 0.167. The molecule has 2 aromatic rings. The average molecular weight is 374 g/mol. The van der Waals surface area contributed by atoms with E-state index in [0.29, 0.717) is 6.37 Å². The summed E-state index contributed by atoms with van der Waals surface area (Å²) in [6, 6.07) is 6.03. The van der Waals surface area contributed by atoms with Crippen LogP contribution in [0.15, 0.2) is 24.3 Å². The first kappa shape index (κ1) is 13.5. The van der Waals surface area contributed by atoms with E-state index in [9.17, 15) is 4.79 Å². The van der Waals surface area contributed by atoms with E-state index < -0.39 is 0 Å². The van der Waals surface area contributed by atoms with Crippen molar-refractivity contribution in [1.29, 1.82) is 0 Å². The standard InChI is InChI=1S/C12H12IN2O2P/c1-8-10-5-3-9(4-6-12(16)17-2)7-11(10)15(14-8)18-13/h3-7,18H,1-2H3/b6-4+. The lowest BCUT2D eigenvalue weighted by molar-refractivity contribution is -0.134. The number of benzene rings is 1. The summed E-state index contributed by atoms with van der Waals surface area (Å²) in [6.45, 7) is 2.00. The SMILES string of the molecule is COC(=O)/C=C/c1ccc2c(C)nn(PI)c2c1. The second-order valence-corrected chi connectivity index (χ2v) is 5.75. The van der Waals surface area contributed by atoms with Crippen LogP contribution in [-0.4, -0.2) is 22.6 Å². The quantitative estimate of drug-likeness (QED) is 0.358. The van der Waals surface area contributed by atoms with Crippen LogP contribution in [0, 0.1) is 6.92 Å². The van der Waals surface area contributed by atoms with E-state index in [1.165, 1.54) is 13.2 Å². The number of carbonyl (C=O) groups is 1. The number of methoxy groups -OCH3 is 1. The third-order valence-electron chi connectivity index (χ3n) is 2.58. The van der Waals surface area contributed by atoms with Gasteiger partial charge in [-0.1, -0.05) is 12.1 Å². The number of ether oxygens (including phenoxy) is 1. The number of nitrogens with zero attached hydrogens (tertiary/aromatic N) is 2. The monoisotopic (exact) mass is 374 g/mol. The summed E-state index contributed by atoms with van der Waals surface area (Å²) in [5.41, 5.74) is 3.08. The maximum absolute atomic E-state index is 11.0. The first-order chi connectivity index (χ1) is 8.65. The molecule has 1 aromatic carbocycles. The third-order valence-corrected chi connectivity index (χ3v) is 4.45. The van der Waals surface area contributed by atoms with Crippen molar-refractivity contribution in [1.82, 2.24) is 9.55 Å². The second-order valence-electron chi connectivity index (χ2n) is 3.71. The van der Waals surface area contributed by atoms with Crippen molar-refractivity contribution in [2.75, 3.05) is 7.11 Å². The molecule has 94 valence electrons. The minimum absolute atomic E-state index is 0.351. The Morgan fingerprint density at radius 2 is 2.33 bits per heavy atom. The van der Waals surface area contributed by atoms with Gasteiger partial charge in [-0.3, -0.25) is 0 Å². The average Bonchev–Trinajstić information content (AvgIpc) is 2.72. The summed E-state index contributed by atoms with van der Waals surface area (Å²) < 4.78 is 6.54. The Balaban J connectivity index is 2.43. The Hall–Kier alpha value is -0.940. The number of fused-ring (bicyclic) bond motifs is 1. The molecule has 2 rings (SSSR count). The molecule has 0 radical (unpaired) electrons. The van der Waals surface area contributed by atoms with Crippen LogP contribution in [0.25, 0.3) is 17.0 Å². The summed E-state index contributed by atoms with van der Waals surface area (Å²) in [4.78, 5) is 11.0. The van der Waals surface area contributed by atoms with Crippen LogP contribution in [0.4, 0.5) is 0 Å². The molecule has 0 bridgehead atoms. The minimum Gasteiger partial charge on any atom is -0.466 e. The van der Waals surface area contributed by atoms with Gasteiger partial charge >= 0.3 is 5.97 Å². The van der Waals surface area contributed by atoms with E-state index in [1.54, 1.807) is 6.08 Å². The van der Waals surface area contributed by atoms with Crippen molar-refractivity contribution in [2.45, 2.75) is 6.92 Å². The number of aromatic nitrogens is 2. The van der Waals surface area contributed by atoms with Crippen LogP contribution in [0.1, 0.15) is 11.3 Å². The van der Waals surface area contributed by atoms with Gasteiger partial charge in [-0.05, 0) is 46.7 Å². The zero-order valence-electron chi connectivity index (χ0n) is 9.98. The fourth-order valence-electron chi connectivity index (χ4n) is 1.69. The maximum Gasteiger partial charge on any atom is 0.330 e. The number of aryl methyl sites for hydroxylation is 1. The van der Waals surface area contributed by atoms with Gasteiger partial charge in [-0.2, -0.15) is 5.10 Å². The summed E-state index contributed by atoms with van der Waals surface area (Å²) in [7, 11) is 1.37. The van der Waals surface area contributed by atoms with E-state index in [1.807, 2.05) is 29.6 Å². The Morgan fingerprint density at radius 3 is 3.00 bits per heavy atom. The van der Waals surface area contributed by atoms with Gasteiger partial charge in [0.15, 0.2) is 0 Å². The van der Waals surface area contributed by atoms with Gasteiger partial charge < -0.3 is 4.74 Å². The minimum atomic E-state index is -0.351. The first-order valence-electron chi connectivity index (χ1n) is 5.28. The summed E-state index contributed by atoms with van der Waals surface area (Å²) in [6.07, 6.45) is 3.72. The molecule has 0 aliphatic rings. The lowest BCUT2D eigenvalue weighted by atomic mass is 10.1. The molecule has 1 atom stereocenters. The smallest absolute Gasteiger partial charge is 0.330 e. The molecule has 0 N–H and O–H groups in total. The zero-order chi connectivity index (χ0) is 13.1. The summed E-state index contributed by atoms with van der Waals surface area (Å²) >= 11 is 2.30. The molecule has 0 aliphatic heterocycles. The number of hydrogen-bond donors (Lipinski definition) is 0. The Morgan fingerprint density at radius 1 is 1.56 bits per heavy atom. The van der Waals surface area contributed by atoms with Crippen LogP contribution in [-0.2, 0) is 9.53 Å². The summed E-state index contributed by atoms with van der Waals surface area (Å²) in [5, 5.41) is 5.61. The fourth-order valence-corrected chi connectivity index (χ4v) is 3.26. The second kappa shape index (κ2) is 5.80. The maximum atomic E-state index is 11.0. The van der Waals surface area contributed by atoms with E-state index >= 15 is 0 Å². The molecule has 0 saturated heterocycles. The third kappa shape index (κ3) is 2.72. The van der Waals surface area contributed by atoms with E-state index in [2.05, 4.69) is 31.9 Å². The molecule has 1 aromatic heterocycles. The zero-order valence-corrected chi connectivity index (χ0v) is 13.1. The Kier molecular flexibility index (Phi) is 4.35. The highest BCUT2D eigenvalue weighted by Crippen LogP contribution is 2.30. The number of hydrogen-bond acceptors (Lipinski definition) is 3. The van der Waals surface area contributed by atoms with Crippen molar-refractivity contribution >= 4 is 51.4 Å². The van der Waals surface area contributed by atoms with Crippen LogP contribution in [0.2, 0.25) is 0 Å². The molecule has 0 spiro atoms. The molecule has 18 heavy (non-hydrogen) atoms. The molecule has 6 heteroatoms. The van der Waals surface area contributed by atoms with Crippen LogP contribution >= 0.6 is 28.4 Å². The van der Waals surface area contributed by atoms with Gasteiger partial charge in [0.1, 0.15) is 0 Å². The largest absolute Gasteiger partial charge is 0.466 e.